The fraction of sp³-hybridized carbons (Fsp3) is 0.333. The number of hydrogen-bond donors (Lipinski definition) is 2. The zero-order valence-corrected chi connectivity index (χ0v) is 24.2. The van der Waals surface area contributed by atoms with Crippen LogP contribution in [0.5, 0.6) is 17.2 Å². The summed E-state index contributed by atoms with van der Waals surface area (Å²) in [4.78, 5) is 29.5. The highest BCUT2D eigenvalue weighted by Gasteiger charge is 2.42. The average Bonchev–Trinajstić information content (AvgIpc) is 3.09. The van der Waals surface area contributed by atoms with Crippen molar-refractivity contribution in [3.8, 4) is 17.2 Å². The number of benzene rings is 3. The van der Waals surface area contributed by atoms with E-state index in [-0.39, 0.29) is 23.7 Å². The third kappa shape index (κ3) is 5.87. The van der Waals surface area contributed by atoms with Crippen LogP contribution in [0.3, 0.4) is 0 Å². The zero-order chi connectivity index (χ0) is 29.1. The molecule has 0 aromatic heterocycles. The van der Waals surface area contributed by atoms with Crippen LogP contribution in [0.15, 0.2) is 78.0 Å². The number of hydrogen-bond acceptors (Lipinski definition) is 7. The summed E-state index contributed by atoms with van der Waals surface area (Å²) in [6.45, 7) is 4.64. The highest BCUT2D eigenvalue weighted by molar-refractivity contribution is 6.02. The van der Waals surface area contributed by atoms with Crippen molar-refractivity contribution in [2.75, 3.05) is 38.1 Å². The van der Waals surface area contributed by atoms with Gasteiger partial charge in [-0.1, -0.05) is 44.2 Å². The van der Waals surface area contributed by atoms with Crippen molar-refractivity contribution < 1.29 is 23.8 Å². The molecule has 3 aromatic carbocycles. The Bertz CT molecular complexity index is 1480. The first-order valence-corrected chi connectivity index (χ1v) is 13.7. The second kappa shape index (κ2) is 11.6. The molecule has 8 heteroatoms. The van der Waals surface area contributed by atoms with Gasteiger partial charge in [0.2, 0.25) is 5.91 Å². The number of allylic oxidation sites excluding steroid dienone is 1. The first-order chi connectivity index (χ1) is 19.7. The molecule has 0 radical (unpaired) electrons. The van der Waals surface area contributed by atoms with Crippen molar-refractivity contribution in [1.29, 1.82) is 0 Å². The van der Waals surface area contributed by atoms with Crippen LogP contribution in [0.2, 0.25) is 0 Å². The van der Waals surface area contributed by atoms with E-state index < -0.39 is 6.04 Å². The van der Waals surface area contributed by atoms with Crippen molar-refractivity contribution in [3.63, 3.8) is 0 Å². The Hall–Kier alpha value is -4.46. The number of Topliss-reactive ketones (excluding diaryl/α,β-unsaturated/α-hetero) is 1. The van der Waals surface area contributed by atoms with E-state index in [0.717, 1.165) is 33.9 Å². The van der Waals surface area contributed by atoms with Crippen molar-refractivity contribution >= 4 is 23.1 Å². The molecular formula is C33H37N3O5. The predicted molar refractivity (Wildman–Crippen MR) is 160 cm³/mol. The molecule has 1 unspecified atom stereocenters. The number of methoxy groups -OCH3 is 3. The molecule has 214 valence electrons. The number of para-hydroxylation sites is 2. The molecule has 0 fully saturated rings. The normalized spacial score (nSPS) is 17.5. The van der Waals surface area contributed by atoms with Gasteiger partial charge >= 0.3 is 0 Å². The first-order valence-electron chi connectivity index (χ1n) is 13.7. The summed E-state index contributed by atoms with van der Waals surface area (Å²) in [5.41, 5.74) is 4.87. The Labute approximate surface area is 241 Å². The summed E-state index contributed by atoms with van der Waals surface area (Å²) in [5, 5.41) is 6.64. The minimum Gasteiger partial charge on any atom is -0.497 e. The molecule has 8 nitrogen and oxygen atoms in total. The molecule has 0 spiro atoms. The molecule has 0 saturated heterocycles. The number of anilines is 2. The van der Waals surface area contributed by atoms with Gasteiger partial charge in [0.1, 0.15) is 5.75 Å². The van der Waals surface area contributed by atoms with Crippen LogP contribution in [0, 0.1) is 5.41 Å². The van der Waals surface area contributed by atoms with Gasteiger partial charge in [-0.3, -0.25) is 9.59 Å². The average molecular weight is 556 g/mol. The number of nitrogens with one attached hydrogen (secondary N) is 2. The van der Waals surface area contributed by atoms with E-state index in [1.807, 2.05) is 71.6 Å². The molecule has 0 saturated carbocycles. The Balaban J connectivity index is 1.57. The van der Waals surface area contributed by atoms with Gasteiger partial charge in [-0.15, -0.1) is 0 Å². The highest BCUT2D eigenvalue weighted by atomic mass is 16.5. The van der Waals surface area contributed by atoms with Gasteiger partial charge in [0, 0.05) is 24.2 Å². The lowest BCUT2D eigenvalue weighted by Crippen LogP contribution is -2.41. The molecule has 1 heterocycles. The fourth-order valence-corrected chi connectivity index (χ4v) is 5.75. The summed E-state index contributed by atoms with van der Waals surface area (Å²) in [7, 11) is 4.81. The van der Waals surface area contributed by atoms with E-state index in [0.29, 0.717) is 36.5 Å². The lowest BCUT2D eigenvalue weighted by atomic mass is 9.73. The van der Waals surface area contributed by atoms with Crippen molar-refractivity contribution in [3.05, 3.63) is 89.1 Å². The molecule has 1 amide bonds. The van der Waals surface area contributed by atoms with E-state index in [1.165, 1.54) is 0 Å². The zero-order valence-electron chi connectivity index (χ0n) is 24.2. The van der Waals surface area contributed by atoms with E-state index in [1.54, 1.807) is 21.3 Å². The third-order valence-corrected chi connectivity index (χ3v) is 7.69. The monoisotopic (exact) mass is 555 g/mol. The Morgan fingerprint density at radius 1 is 0.951 bits per heavy atom. The molecule has 1 atom stereocenters. The maximum absolute atomic E-state index is 13.9. The first kappa shape index (κ1) is 28.1. The lowest BCUT2D eigenvalue weighted by Gasteiger charge is -2.38. The van der Waals surface area contributed by atoms with Crippen molar-refractivity contribution in [2.24, 2.45) is 5.41 Å². The summed E-state index contributed by atoms with van der Waals surface area (Å²) >= 11 is 0. The van der Waals surface area contributed by atoms with Crippen molar-refractivity contribution in [2.45, 2.75) is 39.3 Å². The van der Waals surface area contributed by atoms with Gasteiger partial charge in [-0.2, -0.15) is 0 Å². The van der Waals surface area contributed by atoms with Gasteiger partial charge < -0.3 is 29.7 Å². The van der Waals surface area contributed by atoms with Crippen LogP contribution in [-0.4, -0.2) is 39.6 Å². The fourth-order valence-electron chi connectivity index (χ4n) is 5.75. The number of rotatable bonds is 8. The summed E-state index contributed by atoms with van der Waals surface area (Å²) in [5.74, 6) is 1.83. The second-order valence-corrected chi connectivity index (χ2v) is 11.2. The summed E-state index contributed by atoms with van der Waals surface area (Å²) in [6, 6.07) is 20.7. The number of fused-ring (bicyclic) bond motifs is 1. The number of ketones is 1. The van der Waals surface area contributed by atoms with E-state index in [4.69, 9.17) is 14.2 Å². The molecular weight excluding hydrogens is 518 g/mol. The molecule has 2 N–H and O–H groups in total. The van der Waals surface area contributed by atoms with Gasteiger partial charge in [-0.25, -0.2) is 0 Å². The van der Waals surface area contributed by atoms with Gasteiger partial charge in [0.25, 0.3) is 0 Å². The molecule has 0 bridgehead atoms. The van der Waals surface area contributed by atoms with Gasteiger partial charge in [-0.05, 0) is 59.4 Å². The van der Waals surface area contributed by atoms with Gasteiger partial charge in [0.05, 0.1) is 45.3 Å². The van der Waals surface area contributed by atoms with Crippen LogP contribution in [0.4, 0.5) is 11.4 Å². The molecule has 41 heavy (non-hydrogen) atoms. The van der Waals surface area contributed by atoms with E-state index >= 15 is 0 Å². The van der Waals surface area contributed by atoms with Gasteiger partial charge in [0.15, 0.2) is 17.3 Å². The minimum atomic E-state index is -0.517. The standard InChI is InChI=1S/C33H37N3O5/c1-33(2)17-25-31(27(37)18-33)32(22-12-15-28(40-4)29(16-22)41-5)36(26-9-7-6-8-24(26)35-25)20-30(38)34-19-21-10-13-23(39-3)14-11-21/h6-16,32,35H,17-20H2,1-5H3,(H,34,38). The molecule has 5 rings (SSSR count). The number of carbonyl (C=O) groups is 2. The number of amides is 1. The topological polar surface area (TPSA) is 89.1 Å². The maximum atomic E-state index is 13.9. The van der Waals surface area contributed by atoms with Crippen LogP contribution in [0.1, 0.15) is 43.9 Å². The summed E-state index contributed by atoms with van der Waals surface area (Å²) in [6.07, 6.45) is 1.13. The number of ether oxygens (including phenoxy) is 3. The van der Waals surface area contributed by atoms with Crippen molar-refractivity contribution in [1.82, 2.24) is 5.32 Å². The third-order valence-electron chi connectivity index (χ3n) is 7.69. The molecule has 3 aromatic rings. The van der Waals surface area contributed by atoms with Crippen LogP contribution in [0.25, 0.3) is 0 Å². The molecule has 2 aliphatic rings. The van der Waals surface area contributed by atoms with Crippen LogP contribution in [-0.2, 0) is 16.1 Å². The van der Waals surface area contributed by atoms with Crippen LogP contribution >= 0.6 is 0 Å². The molecule has 1 aliphatic heterocycles. The largest absolute Gasteiger partial charge is 0.497 e. The quantitative estimate of drug-likeness (QED) is 0.372. The SMILES string of the molecule is COc1ccc(CNC(=O)CN2c3ccccc3NC3=C(C(=O)CC(C)(C)C3)C2c2ccc(OC)c(OC)c2)cc1. The van der Waals surface area contributed by atoms with E-state index in [9.17, 15) is 9.59 Å². The highest BCUT2D eigenvalue weighted by Crippen LogP contribution is 2.49. The number of carbonyl (C=O) groups excluding carboxylic acids is 2. The minimum absolute atomic E-state index is 0.0430. The lowest BCUT2D eigenvalue weighted by molar-refractivity contribution is -0.120. The smallest absolute Gasteiger partial charge is 0.239 e. The van der Waals surface area contributed by atoms with Crippen LogP contribution < -0.4 is 29.7 Å². The second-order valence-electron chi connectivity index (χ2n) is 11.2. The Morgan fingerprint density at radius 2 is 1.68 bits per heavy atom. The Kier molecular flexibility index (Phi) is 7.92. The maximum Gasteiger partial charge on any atom is 0.239 e. The molecule has 1 aliphatic carbocycles. The number of nitrogens with zero attached hydrogens (tertiary/aromatic N) is 1. The summed E-state index contributed by atoms with van der Waals surface area (Å²) < 4.78 is 16.4. The van der Waals surface area contributed by atoms with E-state index in [2.05, 4.69) is 24.5 Å². The predicted octanol–water partition coefficient (Wildman–Crippen LogP) is 5.65. The Morgan fingerprint density at radius 3 is 2.39 bits per heavy atom.